The fourth-order valence-corrected chi connectivity index (χ4v) is 3.10. The molecule has 0 unspecified atom stereocenters. The molecule has 0 spiro atoms. The minimum atomic E-state index is -0.181. The number of nitrogen functional groups attached to an aromatic ring is 1. The summed E-state index contributed by atoms with van der Waals surface area (Å²) in [7, 11) is 1.59. The van der Waals surface area contributed by atoms with Crippen LogP contribution in [0.25, 0.3) is 16.8 Å². The number of aromatic nitrogens is 4. The molecule has 0 saturated carbocycles. The van der Waals surface area contributed by atoms with Crippen LogP contribution in [-0.4, -0.2) is 32.4 Å². The highest BCUT2D eigenvalue weighted by molar-refractivity contribution is 5.94. The molecule has 0 atom stereocenters. The molecule has 8 nitrogen and oxygen atoms in total. The van der Waals surface area contributed by atoms with Gasteiger partial charge in [-0.1, -0.05) is 12.1 Å². The number of carbonyl (C=O) groups excluding carboxylic acids is 1. The molecule has 0 aliphatic carbocycles. The molecule has 8 heteroatoms. The van der Waals surface area contributed by atoms with Gasteiger partial charge in [0, 0.05) is 29.7 Å². The highest BCUT2D eigenvalue weighted by atomic mass is 16.5. The minimum absolute atomic E-state index is 0.181. The zero-order valence-electron chi connectivity index (χ0n) is 16.1. The van der Waals surface area contributed by atoms with Crippen LogP contribution < -0.4 is 15.8 Å². The Kier molecular flexibility index (Phi) is 4.82. The van der Waals surface area contributed by atoms with Gasteiger partial charge in [0.15, 0.2) is 5.65 Å². The van der Waals surface area contributed by atoms with Gasteiger partial charge in [0.2, 0.25) is 0 Å². The average molecular weight is 388 g/mol. The number of carbonyl (C=O) groups is 1. The maximum atomic E-state index is 12.5. The van der Waals surface area contributed by atoms with Gasteiger partial charge in [-0.25, -0.2) is 9.97 Å². The van der Waals surface area contributed by atoms with Crippen LogP contribution in [0.5, 0.6) is 5.75 Å². The number of hydrogen-bond donors (Lipinski definition) is 2. The molecule has 0 aliphatic rings. The van der Waals surface area contributed by atoms with Crippen molar-refractivity contribution in [3.8, 4) is 16.9 Å². The number of nitrogens with two attached hydrogens (primary N) is 1. The van der Waals surface area contributed by atoms with Gasteiger partial charge in [-0.05, 0) is 30.7 Å². The second-order valence-corrected chi connectivity index (χ2v) is 6.54. The lowest BCUT2D eigenvalue weighted by Gasteiger charge is -2.11. The molecule has 29 heavy (non-hydrogen) atoms. The maximum absolute atomic E-state index is 12.5. The third-order valence-corrected chi connectivity index (χ3v) is 4.62. The number of anilines is 1. The van der Waals surface area contributed by atoms with E-state index in [2.05, 4.69) is 20.3 Å². The van der Waals surface area contributed by atoms with Crippen molar-refractivity contribution >= 4 is 17.4 Å². The molecule has 0 saturated heterocycles. The number of fused-ring (bicyclic) bond motifs is 1. The molecule has 0 fully saturated rings. The van der Waals surface area contributed by atoms with Crippen LogP contribution >= 0.6 is 0 Å². The molecule has 3 N–H and O–H groups in total. The van der Waals surface area contributed by atoms with E-state index < -0.39 is 0 Å². The van der Waals surface area contributed by atoms with Crippen molar-refractivity contribution in [3.63, 3.8) is 0 Å². The third kappa shape index (κ3) is 3.73. The number of methoxy groups -OCH3 is 1. The Morgan fingerprint density at radius 2 is 2.03 bits per heavy atom. The molecule has 1 amide bonds. The van der Waals surface area contributed by atoms with Gasteiger partial charge in [0.05, 0.1) is 31.2 Å². The molecule has 0 aliphatic heterocycles. The highest BCUT2D eigenvalue weighted by Gasteiger charge is 2.11. The number of rotatable bonds is 5. The Labute approximate surface area is 167 Å². The zero-order chi connectivity index (χ0) is 20.4. The Bertz CT molecular complexity index is 1150. The molecule has 1 aromatic carbocycles. The van der Waals surface area contributed by atoms with Crippen molar-refractivity contribution in [2.45, 2.75) is 13.5 Å². The second kappa shape index (κ2) is 7.59. The summed E-state index contributed by atoms with van der Waals surface area (Å²) < 4.78 is 7.18. The molecule has 146 valence electrons. The van der Waals surface area contributed by atoms with E-state index in [-0.39, 0.29) is 5.91 Å². The predicted molar refractivity (Wildman–Crippen MR) is 110 cm³/mol. The largest absolute Gasteiger partial charge is 0.495 e. The van der Waals surface area contributed by atoms with Gasteiger partial charge in [-0.15, -0.1) is 0 Å². The smallest absolute Gasteiger partial charge is 0.251 e. The van der Waals surface area contributed by atoms with Crippen molar-refractivity contribution in [1.29, 1.82) is 0 Å². The van der Waals surface area contributed by atoms with Crippen LogP contribution in [-0.2, 0) is 6.54 Å². The summed E-state index contributed by atoms with van der Waals surface area (Å²) in [5, 5.41) is 2.88. The first-order chi connectivity index (χ1) is 14.0. The first-order valence-electron chi connectivity index (χ1n) is 9.02. The molecule has 0 bridgehead atoms. The number of pyridine rings is 1. The first-order valence-corrected chi connectivity index (χ1v) is 9.02. The molecule has 3 heterocycles. The van der Waals surface area contributed by atoms with Crippen molar-refractivity contribution in [1.82, 2.24) is 24.7 Å². The number of amides is 1. The normalized spacial score (nSPS) is 10.8. The Morgan fingerprint density at radius 1 is 1.24 bits per heavy atom. The minimum Gasteiger partial charge on any atom is -0.495 e. The summed E-state index contributed by atoms with van der Waals surface area (Å²) in [6.45, 7) is 2.17. The van der Waals surface area contributed by atoms with Gasteiger partial charge >= 0.3 is 0 Å². The highest BCUT2D eigenvalue weighted by Crippen LogP contribution is 2.30. The van der Waals surface area contributed by atoms with Crippen LogP contribution in [0.4, 0.5) is 5.82 Å². The lowest BCUT2D eigenvalue weighted by molar-refractivity contribution is 0.0950. The van der Waals surface area contributed by atoms with Crippen molar-refractivity contribution in [2.75, 3.05) is 12.8 Å². The second-order valence-electron chi connectivity index (χ2n) is 6.54. The molecular formula is C21H20N6O2. The Balaban J connectivity index is 1.48. The average Bonchev–Trinajstić information content (AvgIpc) is 3.15. The standard InChI is InChI=1S/C21H20N6O2/c1-13-18(29-2)9-17(20(22)25-13)14-3-5-15(6-4-14)21(28)24-10-16-12-27-8-7-23-11-19(27)26-16/h3-9,11-12H,10H2,1-2H3,(H2,22,25)(H,24,28). The summed E-state index contributed by atoms with van der Waals surface area (Å²) in [5.74, 6) is 0.903. The monoisotopic (exact) mass is 388 g/mol. The number of imidazole rings is 1. The van der Waals surface area contributed by atoms with E-state index >= 15 is 0 Å². The quantitative estimate of drug-likeness (QED) is 0.544. The first kappa shape index (κ1) is 18.4. The van der Waals surface area contributed by atoms with Gasteiger partial charge in [-0.2, -0.15) is 0 Å². The number of hydrogen-bond acceptors (Lipinski definition) is 6. The van der Waals surface area contributed by atoms with Gasteiger partial charge in [-0.3, -0.25) is 9.78 Å². The summed E-state index contributed by atoms with van der Waals surface area (Å²) in [6.07, 6.45) is 7.03. The zero-order valence-corrected chi connectivity index (χ0v) is 16.1. The van der Waals surface area contributed by atoms with Crippen LogP contribution in [0.15, 0.2) is 55.1 Å². The van der Waals surface area contributed by atoms with E-state index in [4.69, 9.17) is 10.5 Å². The van der Waals surface area contributed by atoms with Crippen molar-refractivity contribution in [3.05, 3.63) is 72.1 Å². The molecular weight excluding hydrogens is 368 g/mol. The number of aryl methyl sites for hydroxylation is 1. The number of ether oxygens (including phenoxy) is 1. The molecule has 4 rings (SSSR count). The van der Waals surface area contributed by atoms with E-state index in [9.17, 15) is 4.79 Å². The summed E-state index contributed by atoms with van der Waals surface area (Å²) in [6, 6.07) is 9.04. The van der Waals surface area contributed by atoms with Crippen LogP contribution in [0.2, 0.25) is 0 Å². The summed E-state index contributed by atoms with van der Waals surface area (Å²) >= 11 is 0. The van der Waals surface area contributed by atoms with E-state index in [0.29, 0.717) is 23.7 Å². The van der Waals surface area contributed by atoms with Gasteiger partial charge in [0.25, 0.3) is 5.91 Å². The lowest BCUT2D eigenvalue weighted by atomic mass is 10.0. The van der Waals surface area contributed by atoms with E-state index in [1.165, 1.54) is 0 Å². The summed E-state index contributed by atoms with van der Waals surface area (Å²) in [4.78, 5) is 25.2. The van der Waals surface area contributed by atoms with E-state index in [1.54, 1.807) is 31.6 Å². The topological polar surface area (TPSA) is 107 Å². The maximum Gasteiger partial charge on any atom is 0.251 e. The van der Waals surface area contributed by atoms with Gasteiger partial charge < -0.3 is 20.2 Å². The van der Waals surface area contributed by atoms with Crippen molar-refractivity contribution in [2.24, 2.45) is 0 Å². The van der Waals surface area contributed by atoms with Crippen LogP contribution in [0.3, 0.4) is 0 Å². The molecule has 4 aromatic rings. The van der Waals surface area contributed by atoms with E-state index in [0.717, 1.165) is 28.2 Å². The number of nitrogens with one attached hydrogen (secondary N) is 1. The molecule has 3 aromatic heterocycles. The fourth-order valence-electron chi connectivity index (χ4n) is 3.10. The fraction of sp³-hybridized carbons (Fsp3) is 0.143. The lowest BCUT2D eigenvalue weighted by Crippen LogP contribution is -2.22. The third-order valence-electron chi connectivity index (χ3n) is 4.62. The van der Waals surface area contributed by atoms with Crippen LogP contribution in [0.1, 0.15) is 21.7 Å². The Morgan fingerprint density at radius 3 is 2.76 bits per heavy atom. The SMILES string of the molecule is COc1cc(-c2ccc(C(=O)NCc3cn4ccncc4n3)cc2)c(N)nc1C. The number of benzene rings is 1. The number of nitrogens with zero attached hydrogens (tertiary/aromatic N) is 4. The van der Waals surface area contributed by atoms with Gasteiger partial charge in [0.1, 0.15) is 11.6 Å². The van der Waals surface area contributed by atoms with Crippen molar-refractivity contribution < 1.29 is 9.53 Å². The summed E-state index contributed by atoms with van der Waals surface area (Å²) in [5.41, 5.74) is 10.5. The van der Waals surface area contributed by atoms with E-state index in [1.807, 2.05) is 41.9 Å². The Hall–Kier alpha value is -3.94. The predicted octanol–water partition coefficient (Wildman–Crippen LogP) is 2.62. The van der Waals surface area contributed by atoms with Crippen LogP contribution in [0, 0.1) is 6.92 Å². The molecule has 0 radical (unpaired) electrons.